The Kier molecular flexibility index (Phi) is 7.14. The number of benzene rings is 2. The largest absolute Gasteiger partial charge is 0.495 e. The van der Waals surface area contributed by atoms with E-state index in [9.17, 15) is 23.3 Å². The first-order valence-electron chi connectivity index (χ1n) is 10.1. The van der Waals surface area contributed by atoms with E-state index in [1.807, 2.05) is 0 Å². The zero-order valence-corrected chi connectivity index (χ0v) is 19.1. The summed E-state index contributed by atoms with van der Waals surface area (Å²) in [6.45, 7) is 4.11. The zero-order chi connectivity index (χ0) is 24.2. The number of amides is 1. The second-order valence-electron chi connectivity index (χ2n) is 6.87. The van der Waals surface area contributed by atoms with Crippen molar-refractivity contribution in [1.82, 2.24) is 4.31 Å². The number of nitro groups is 1. The van der Waals surface area contributed by atoms with Crippen LogP contribution < -0.4 is 10.1 Å². The lowest BCUT2D eigenvalue weighted by atomic mass is 10.1. The number of methoxy groups -OCH3 is 1. The van der Waals surface area contributed by atoms with Crippen LogP contribution in [0.2, 0.25) is 0 Å². The van der Waals surface area contributed by atoms with Crippen LogP contribution in [0.4, 0.5) is 11.4 Å². The average Bonchev–Trinajstić information content (AvgIpc) is 3.30. The Morgan fingerprint density at radius 3 is 2.33 bits per heavy atom. The predicted molar refractivity (Wildman–Crippen MR) is 122 cm³/mol. The summed E-state index contributed by atoms with van der Waals surface area (Å²) in [6, 6.07) is 13.0. The highest BCUT2D eigenvalue weighted by atomic mass is 32.2. The van der Waals surface area contributed by atoms with Gasteiger partial charge in [0.1, 0.15) is 11.5 Å². The van der Waals surface area contributed by atoms with Crippen LogP contribution in [0.25, 0.3) is 11.3 Å². The van der Waals surface area contributed by atoms with Gasteiger partial charge in [-0.1, -0.05) is 13.8 Å². The maximum Gasteiger partial charge on any atom is 0.291 e. The van der Waals surface area contributed by atoms with Crippen LogP contribution in [0.5, 0.6) is 5.75 Å². The van der Waals surface area contributed by atoms with Crippen LogP contribution in [-0.2, 0) is 10.0 Å². The van der Waals surface area contributed by atoms with Crippen LogP contribution in [0.1, 0.15) is 24.4 Å². The van der Waals surface area contributed by atoms with Gasteiger partial charge in [0.25, 0.3) is 11.6 Å². The molecule has 3 aromatic rings. The maximum atomic E-state index is 12.8. The van der Waals surface area contributed by atoms with Crippen molar-refractivity contribution in [2.75, 3.05) is 25.5 Å². The van der Waals surface area contributed by atoms with Crippen LogP contribution in [0.15, 0.2) is 63.9 Å². The fraction of sp³-hybridized carbons (Fsp3) is 0.227. The lowest BCUT2D eigenvalue weighted by Crippen LogP contribution is -2.30. The third kappa shape index (κ3) is 5.04. The molecule has 0 radical (unpaired) electrons. The third-order valence-electron chi connectivity index (χ3n) is 4.95. The number of anilines is 1. The highest BCUT2D eigenvalue weighted by Gasteiger charge is 2.24. The first-order valence-corrected chi connectivity index (χ1v) is 11.5. The van der Waals surface area contributed by atoms with E-state index in [1.54, 1.807) is 19.9 Å². The summed E-state index contributed by atoms with van der Waals surface area (Å²) in [5, 5.41) is 13.4. The number of sulfonamides is 1. The number of hydrogen-bond donors (Lipinski definition) is 1. The van der Waals surface area contributed by atoms with Gasteiger partial charge in [-0.3, -0.25) is 14.9 Å². The quantitative estimate of drug-likeness (QED) is 0.365. The number of hydrogen-bond acceptors (Lipinski definition) is 7. The van der Waals surface area contributed by atoms with E-state index in [-0.39, 0.29) is 27.8 Å². The summed E-state index contributed by atoms with van der Waals surface area (Å²) in [6.07, 6.45) is 0. The highest BCUT2D eigenvalue weighted by molar-refractivity contribution is 7.89. The summed E-state index contributed by atoms with van der Waals surface area (Å²) in [4.78, 5) is 23.1. The molecule has 0 saturated carbocycles. The molecule has 0 aliphatic heterocycles. The number of non-ortho nitro benzene ring substituents is 1. The van der Waals surface area contributed by atoms with Crippen LogP contribution in [0.3, 0.4) is 0 Å². The van der Waals surface area contributed by atoms with Crippen molar-refractivity contribution in [2.45, 2.75) is 18.7 Å². The van der Waals surface area contributed by atoms with Gasteiger partial charge in [0.2, 0.25) is 10.0 Å². The molecule has 1 N–H and O–H groups in total. The van der Waals surface area contributed by atoms with Crippen LogP contribution in [0, 0.1) is 10.1 Å². The fourth-order valence-electron chi connectivity index (χ4n) is 3.20. The standard InChI is InChI=1S/C22H23N3O7S/c1-4-24(5-2)33(29,30)17-10-11-20(31-3)18(14-17)23-22(26)21-13-12-19(32-21)15-6-8-16(9-7-15)25(27)28/h6-14H,4-5H2,1-3H3,(H,23,26). The van der Waals surface area contributed by atoms with Crippen LogP contribution >= 0.6 is 0 Å². The summed E-state index contributed by atoms with van der Waals surface area (Å²) in [5.41, 5.74) is 0.670. The first kappa shape index (κ1) is 24.0. The first-order chi connectivity index (χ1) is 15.7. The number of carbonyl (C=O) groups excluding carboxylic acids is 1. The second-order valence-corrected chi connectivity index (χ2v) is 8.81. The van der Waals surface area contributed by atoms with Crippen molar-refractivity contribution >= 4 is 27.3 Å². The number of rotatable bonds is 9. The predicted octanol–water partition coefficient (Wildman–Crippen LogP) is 4.15. The fourth-order valence-corrected chi connectivity index (χ4v) is 4.69. The van der Waals surface area contributed by atoms with Gasteiger partial charge >= 0.3 is 0 Å². The molecule has 0 aliphatic carbocycles. The maximum absolute atomic E-state index is 12.8. The molecule has 0 saturated heterocycles. The smallest absolute Gasteiger partial charge is 0.291 e. The molecule has 1 amide bonds. The Hall–Kier alpha value is -3.70. The zero-order valence-electron chi connectivity index (χ0n) is 18.3. The minimum absolute atomic E-state index is 0.0216. The average molecular weight is 474 g/mol. The lowest BCUT2D eigenvalue weighted by Gasteiger charge is -2.19. The molecule has 0 aliphatic rings. The van der Waals surface area contributed by atoms with Gasteiger partial charge in [0.15, 0.2) is 5.76 Å². The van der Waals surface area contributed by atoms with E-state index in [1.165, 1.54) is 59.9 Å². The molecule has 0 bridgehead atoms. The van der Waals surface area contributed by atoms with Crippen LogP contribution in [-0.4, -0.2) is 43.8 Å². The number of nitro benzene ring substituents is 1. The van der Waals surface area contributed by atoms with Gasteiger partial charge in [0, 0.05) is 30.8 Å². The SMILES string of the molecule is CCN(CC)S(=O)(=O)c1ccc(OC)c(NC(=O)c2ccc(-c3ccc([N+](=O)[O-])cc3)o2)c1. The lowest BCUT2D eigenvalue weighted by molar-refractivity contribution is -0.384. The Balaban J connectivity index is 1.86. The van der Waals surface area contributed by atoms with E-state index in [2.05, 4.69) is 5.32 Å². The van der Waals surface area contributed by atoms with Gasteiger partial charge in [0.05, 0.1) is 22.6 Å². The van der Waals surface area contributed by atoms with E-state index in [0.29, 0.717) is 24.4 Å². The minimum Gasteiger partial charge on any atom is -0.495 e. The molecular formula is C22H23N3O7S. The molecule has 10 nitrogen and oxygen atoms in total. The molecule has 0 spiro atoms. The summed E-state index contributed by atoms with van der Waals surface area (Å²) >= 11 is 0. The number of nitrogens with zero attached hydrogens (tertiary/aromatic N) is 2. The minimum atomic E-state index is -3.74. The molecular weight excluding hydrogens is 450 g/mol. The molecule has 0 atom stereocenters. The van der Waals surface area contributed by atoms with Crippen molar-refractivity contribution in [3.63, 3.8) is 0 Å². The number of ether oxygens (including phenoxy) is 1. The van der Waals surface area contributed by atoms with Gasteiger partial charge in [-0.15, -0.1) is 0 Å². The molecule has 0 fully saturated rings. The molecule has 3 rings (SSSR count). The van der Waals surface area contributed by atoms with Crippen molar-refractivity contribution in [1.29, 1.82) is 0 Å². The number of nitrogens with one attached hydrogen (secondary N) is 1. The highest BCUT2D eigenvalue weighted by Crippen LogP contribution is 2.30. The summed E-state index contributed by atoms with van der Waals surface area (Å²) in [7, 11) is -2.33. The molecule has 33 heavy (non-hydrogen) atoms. The van der Waals surface area contributed by atoms with Crippen molar-refractivity contribution < 1.29 is 27.3 Å². The third-order valence-corrected chi connectivity index (χ3v) is 7.00. The van der Waals surface area contributed by atoms with Gasteiger partial charge in [-0.05, 0) is 42.5 Å². The molecule has 0 unspecified atom stereocenters. The normalized spacial score (nSPS) is 11.4. The van der Waals surface area contributed by atoms with Crippen molar-refractivity contribution in [3.05, 3.63) is 70.5 Å². The molecule has 1 heterocycles. The molecule has 1 aromatic heterocycles. The molecule has 2 aromatic carbocycles. The van der Waals surface area contributed by atoms with Gasteiger partial charge in [-0.2, -0.15) is 4.31 Å². The Morgan fingerprint density at radius 2 is 1.76 bits per heavy atom. The van der Waals surface area contributed by atoms with Crippen molar-refractivity contribution in [3.8, 4) is 17.1 Å². The summed E-state index contributed by atoms with van der Waals surface area (Å²) in [5.74, 6) is -0.00914. The molecule has 11 heteroatoms. The monoisotopic (exact) mass is 473 g/mol. The van der Waals surface area contributed by atoms with Gasteiger partial charge in [-0.25, -0.2) is 8.42 Å². The van der Waals surface area contributed by atoms with E-state index >= 15 is 0 Å². The topological polar surface area (TPSA) is 132 Å². The van der Waals surface area contributed by atoms with Crippen molar-refractivity contribution in [2.24, 2.45) is 0 Å². The second kappa shape index (κ2) is 9.84. The Labute approximate surface area is 191 Å². The van der Waals surface area contributed by atoms with Gasteiger partial charge < -0.3 is 14.5 Å². The summed E-state index contributed by atoms with van der Waals surface area (Å²) < 4.78 is 37.8. The molecule has 174 valence electrons. The van der Waals surface area contributed by atoms with E-state index < -0.39 is 20.9 Å². The van der Waals surface area contributed by atoms with E-state index in [0.717, 1.165) is 0 Å². The number of carbonyl (C=O) groups is 1. The number of furan rings is 1. The van der Waals surface area contributed by atoms with E-state index in [4.69, 9.17) is 9.15 Å². The Morgan fingerprint density at radius 1 is 1.09 bits per heavy atom. The Bertz CT molecular complexity index is 1260.